The standard InChI is InChI=1S/C14H16N6O5S2/c1-25-10-6-8(5-9(12(10)22)20(23)24)7-16-17-11(21)3-2-4-26-14-19-18-13(15)27-14/h5-7,22H,2-4H2,1H3,(H2,15,18)(H,17,21)/b16-7+. The number of nitrogens with two attached hydrogens (primary N) is 1. The summed E-state index contributed by atoms with van der Waals surface area (Å²) in [5.74, 6) is -0.263. The molecule has 1 aromatic carbocycles. The van der Waals surface area contributed by atoms with Gasteiger partial charge < -0.3 is 15.6 Å². The number of hydrogen-bond donors (Lipinski definition) is 3. The van der Waals surface area contributed by atoms with E-state index in [1.165, 1.54) is 42.5 Å². The molecule has 2 aromatic rings. The molecule has 0 radical (unpaired) electrons. The molecule has 0 spiro atoms. The average molecular weight is 412 g/mol. The monoisotopic (exact) mass is 412 g/mol. The number of carbonyl (C=O) groups is 1. The lowest BCUT2D eigenvalue weighted by Crippen LogP contribution is -2.17. The van der Waals surface area contributed by atoms with Gasteiger partial charge >= 0.3 is 5.69 Å². The van der Waals surface area contributed by atoms with Crippen LogP contribution in [0.5, 0.6) is 11.5 Å². The van der Waals surface area contributed by atoms with Crippen LogP contribution >= 0.6 is 23.1 Å². The fourth-order valence-corrected chi connectivity index (χ4v) is 3.53. The average Bonchev–Trinajstić information content (AvgIpc) is 3.05. The fourth-order valence-electron chi connectivity index (χ4n) is 1.89. The molecule has 0 saturated carbocycles. The summed E-state index contributed by atoms with van der Waals surface area (Å²) in [5, 5.41) is 32.4. The van der Waals surface area contributed by atoms with Gasteiger partial charge in [-0.25, -0.2) is 5.43 Å². The fraction of sp³-hybridized carbons (Fsp3) is 0.286. The second-order valence-corrected chi connectivity index (χ2v) is 7.35. The van der Waals surface area contributed by atoms with Crippen LogP contribution in [-0.4, -0.2) is 45.2 Å². The Labute approximate surface area is 161 Å². The van der Waals surface area contributed by atoms with E-state index in [9.17, 15) is 20.0 Å². The second-order valence-electron chi connectivity index (χ2n) is 5.00. The molecule has 1 heterocycles. The molecule has 27 heavy (non-hydrogen) atoms. The zero-order valence-corrected chi connectivity index (χ0v) is 15.7. The van der Waals surface area contributed by atoms with Gasteiger partial charge in [0.15, 0.2) is 10.1 Å². The highest BCUT2D eigenvalue weighted by Crippen LogP contribution is 2.36. The smallest absolute Gasteiger partial charge is 0.315 e. The van der Waals surface area contributed by atoms with Gasteiger partial charge in [-0.3, -0.25) is 14.9 Å². The Morgan fingerprint density at radius 1 is 1.56 bits per heavy atom. The molecule has 1 aromatic heterocycles. The number of ether oxygens (including phenoxy) is 1. The number of thioether (sulfide) groups is 1. The number of aromatic hydroxyl groups is 1. The molecule has 1 amide bonds. The van der Waals surface area contributed by atoms with E-state index in [2.05, 4.69) is 20.7 Å². The lowest BCUT2D eigenvalue weighted by molar-refractivity contribution is -0.386. The molecule has 13 heteroatoms. The van der Waals surface area contributed by atoms with E-state index in [-0.39, 0.29) is 18.1 Å². The molecular weight excluding hydrogens is 396 g/mol. The van der Waals surface area contributed by atoms with Gasteiger partial charge in [0, 0.05) is 23.8 Å². The van der Waals surface area contributed by atoms with Crippen LogP contribution in [0, 0.1) is 10.1 Å². The number of phenols is 1. The number of methoxy groups -OCH3 is 1. The molecule has 0 bridgehead atoms. The van der Waals surface area contributed by atoms with Gasteiger partial charge in [0.1, 0.15) is 0 Å². The Hall–Kier alpha value is -2.93. The largest absolute Gasteiger partial charge is 0.500 e. The van der Waals surface area contributed by atoms with Crippen LogP contribution in [0.2, 0.25) is 0 Å². The molecule has 2 rings (SSSR count). The number of nitrogens with zero attached hydrogens (tertiary/aromatic N) is 4. The van der Waals surface area contributed by atoms with E-state index in [1.54, 1.807) is 0 Å². The molecule has 0 aliphatic carbocycles. The zero-order chi connectivity index (χ0) is 19.8. The van der Waals surface area contributed by atoms with E-state index in [1.807, 2.05) is 0 Å². The Morgan fingerprint density at radius 2 is 2.33 bits per heavy atom. The first kappa shape index (κ1) is 20.4. The van der Waals surface area contributed by atoms with Gasteiger partial charge in [-0.15, -0.1) is 10.2 Å². The van der Waals surface area contributed by atoms with Crippen molar-refractivity contribution in [1.82, 2.24) is 15.6 Å². The van der Waals surface area contributed by atoms with Gasteiger partial charge in [0.05, 0.1) is 18.2 Å². The number of amides is 1. The molecule has 11 nitrogen and oxygen atoms in total. The minimum atomic E-state index is -0.739. The predicted octanol–water partition coefficient (Wildman–Crippen LogP) is 1.77. The molecule has 0 aliphatic heterocycles. The van der Waals surface area contributed by atoms with Crippen molar-refractivity contribution in [3.05, 3.63) is 27.8 Å². The minimum Gasteiger partial charge on any atom is -0.500 e. The highest BCUT2D eigenvalue weighted by atomic mass is 32.2. The van der Waals surface area contributed by atoms with Crippen molar-refractivity contribution in [2.75, 3.05) is 18.6 Å². The van der Waals surface area contributed by atoms with Crippen molar-refractivity contribution in [1.29, 1.82) is 0 Å². The van der Waals surface area contributed by atoms with Crippen LogP contribution in [0.15, 0.2) is 21.6 Å². The Kier molecular flexibility index (Phi) is 7.31. The quantitative estimate of drug-likeness (QED) is 0.183. The second kappa shape index (κ2) is 9.68. The van der Waals surface area contributed by atoms with E-state index >= 15 is 0 Å². The number of nitrogens with one attached hydrogen (secondary N) is 1. The first-order chi connectivity index (χ1) is 12.9. The maximum atomic E-state index is 11.7. The Morgan fingerprint density at radius 3 is 2.96 bits per heavy atom. The van der Waals surface area contributed by atoms with E-state index in [0.29, 0.717) is 22.9 Å². The van der Waals surface area contributed by atoms with Crippen LogP contribution in [0.3, 0.4) is 0 Å². The summed E-state index contributed by atoms with van der Waals surface area (Å²) in [6.07, 6.45) is 2.08. The normalized spacial score (nSPS) is 10.9. The molecule has 0 atom stereocenters. The third-order valence-corrected chi connectivity index (χ3v) is 5.06. The lowest BCUT2D eigenvalue weighted by Gasteiger charge is -2.05. The highest BCUT2D eigenvalue weighted by molar-refractivity contribution is 8.01. The number of nitro benzene ring substituents is 1. The minimum absolute atomic E-state index is 0.0636. The Balaban J connectivity index is 1.82. The third kappa shape index (κ3) is 6.07. The number of aromatic nitrogens is 2. The number of nitrogen functional groups attached to an aromatic ring is 1. The topological polar surface area (TPSA) is 166 Å². The third-order valence-electron chi connectivity index (χ3n) is 3.09. The molecule has 4 N–H and O–H groups in total. The van der Waals surface area contributed by atoms with Crippen molar-refractivity contribution >= 4 is 46.0 Å². The van der Waals surface area contributed by atoms with E-state index in [0.717, 1.165) is 10.4 Å². The van der Waals surface area contributed by atoms with Gasteiger partial charge in [0.2, 0.25) is 16.8 Å². The summed E-state index contributed by atoms with van der Waals surface area (Å²) in [5.41, 5.74) is 7.59. The summed E-state index contributed by atoms with van der Waals surface area (Å²) in [7, 11) is 1.27. The van der Waals surface area contributed by atoms with Crippen molar-refractivity contribution in [3.8, 4) is 11.5 Å². The summed E-state index contributed by atoms with van der Waals surface area (Å²) < 4.78 is 5.63. The van der Waals surface area contributed by atoms with Gasteiger partial charge in [-0.1, -0.05) is 23.1 Å². The van der Waals surface area contributed by atoms with Crippen molar-refractivity contribution in [2.24, 2.45) is 5.10 Å². The summed E-state index contributed by atoms with van der Waals surface area (Å²) >= 11 is 2.74. The molecule has 0 fully saturated rings. The summed E-state index contributed by atoms with van der Waals surface area (Å²) in [4.78, 5) is 21.9. The van der Waals surface area contributed by atoms with Crippen LogP contribution in [-0.2, 0) is 4.79 Å². The predicted molar refractivity (Wildman–Crippen MR) is 101 cm³/mol. The van der Waals surface area contributed by atoms with Crippen LogP contribution in [0.1, 0.15) is 18.4 Å². The summed E-state index contributed by atoms with van der Waals surface area (Å²) in [6, 6.07) is 2.49. The van der Waals surface area contributed by atoms with Crippen molar-refractivity contribution in [2.45, 2.75) is 17.2 Å². The molecule has 144 valence electrons. The molecule has 0 saturated heterocycles. The SMILES string of the molecule is COc1cc(/C=N/NC(=O)CCCSc2nnc(N)s2)cc([N+](=O)[O-])c1O. The van der Waals surface area contributed by atoms with Crippen LogP contribution < -0.4 is 15.9 Å². The number of hydrazone groups is 1. The first-order valence-electron chi connectivity index (χ1n) is 7.49. The Bertz CT molecular complexity index is 857. The van der Waals surface area contributed by atoms with Gasteiger partial charge in [-0.2, -0.15) is 5.10 Å². The van der Waals surface area contributed by atoms with Crippen molar-refractivity contribution < 1.29 is 19.6 Å². The summed E-state index contributed by atoms with van der Waals surface area (Å²) in [6.45, 7) is 0. The van der Waals surface area contributed by atoms with E-state index < -0.39 is 16.4 Å². The molecular formula is C14H16N6O5S2. The number of nitro groups is 1. The maximum absolute atomic E-state index is 11.7. The van der Waals surface area contributed by atoms with Crippen molar-refractivity contribution in [3.63, 3.8) is 0 Å². The number of hydrogen-bond acceptors (Lipinski definition) is 11. The van der Waals surface area contributed by atoms with Gasteiger partial charge in [-0.05, 0) is 12.5 Å². The highest BCUT2D eigenvalue weighted by Gasteiger charge is 2.19. The first-order valence-corrected chi connectivity index (χ1v) is 9.30. The number of anilines is 1. The number of benzene rings is 1. The van der Waals surface area contributed by atoms with E-state index in [4.69, 9.17) is 10.5 Å². The van der Waals surface area contributed by atoms with Gasteiger partial charge in [0.25, 0.3) is 0 Å². The maximum Gasteiger partial charge on any atom is 0.315 e. The lowest BCUT2D eigenvalue weighted by atomic mass is 10.2. The zero-order valence-electron chi connectivity index (χ0n) is 14.1. The van der Waals surface area contributed by atoms with Crippen LogP contribution in [0.4, 0.5) is 10.8 Å². The molecule has 0 unspecified atom stereocenters. The number of phenolic OH excluding ortho intramolecular Hbond substituents is 1. The number of rotatable bonds is 9. The number of carbonyl (C=O) groups excluding carboxylic acids is 1. The molecule has 0 aliphatic rings. The van der Waals surface area contributed by atoms with Crippen LogP contribution in [0.25, 0.3) is 0 Å².